The Labute approximate surface area is 92.2 Å². The molecule has 0 aliphatic carbocycles. The highest BCUT2D eigenvalue weighted by atomic mass is 32.1. The maximum atomic E-state index is 5.14. The fourth-order valence-electron chi connectivity index (χ4n) is 1.36. The molecule has 0 unspecified atom stereocenters. The topological polar surface area (TPSA) is 59.4 Å². The summed E-state index contributed by atoms with van der Waals surface area (Å²) in [6.07, 6.45) is 2.49. The monoisotopic (exact) mass is 221 g/mol. The molecule has 2 rings (SSSR count). The number of nitrogens with zero attached hydrogens (tertiary/aromatic N) is 4. The average Bonchev–Trinajstić information content (AvgIpc) is 2.62. The Morgan fingerprint density at radius 3 is 3.07 bits per heavy atom. The van der Waals surface area contributed by atoms with Crippen molar-refractivity contribution in [3.05, 3.63) is 34.6 Å². The van der Waals surface area contributed by atoms with Crippen molar-refractivity contribution in [2.45, 2.75) is 19.9 Å². The first-order valence-electron chi connectivity index (χ1n) is 4.72. The largest absolute Gasteiger partial charge is 0.298 e. The zero-order chi connectivity index (χ0) is 10.7. The lowest BCUT2D eigenvalue weighted by molar-refractivity contribution is 0.697. The lowest BCUT2D eigenvalue weighted by Gasteiger charge is -2.03. The summed E-state index contributed by atoms with van der Waals surface area (Å²) in [5.41, 5.74) is 0.879. The number of hydrogen-bond donors (Lipinski definition) is 1. The van der Waals surface area contributed by atoms with Crippen molar-refractivity contribution in [3.8, 4) is 0 Å². The Balaban J connectivity index is 2.32. The van der Waals surface area contributed by atoms with Gasteiger partial charge >= 0.3 is 0 Å². The minimum atomic E-state index is 0.617. The molecule has 0 aliphatic rings. The van der Waals surface area contributed by atoms with E-state index in [2.05, 4.69) is 20.4 Å². The smallest absolute Gasteiger partial charge is 0.195 e. The van der Waals surface area contributed by atoms with Gasteiger partial charge in [-0.2, -0.15) is 15.3 Å². The van der Waals surface area contributed by atoms with Crippen LogP contribution in [0.25, 0.3) is 0 Å². The van der Waals surface area contributed by atoms with E-state index in [1.165, 1.54) is 0 Å². The number of H-pyrrole nitrogens is 1. The van der Waals surface area contributed by atoms with Crippen LogP contribution < -0.4 is 0 Å². The molecule has 0 saturated heterocycles. The summed E-state index contributed by atoms with van der Waals surface area (Å²) in [6.45, 7) is 2.66. The van der Waals surface area contributed by atoms with Crippen LogP contribution in [0.3, 0.4) is 0 Å². The summed E-state index contributed by atoms with van der Waals surface area (Å²) in [4.78, 5) is 0. The Morgan fingerprint density at radius 1 is 1.53 bits per heavy atom. The van der Waals surface area contributed by atoms with Crippen LogP contribution >= 0.6 is 12.2 Å². The summed E-state index contributed by atoms with van der Waals surface area (Å²) in [5, 5.41) is 14.7. The van der Waals surface area contributed by atoms with Gasteiger partial charge in [-0.25, -0.2) is 0 Å². The van der Waals surface area contributed by atoms with Crippen molar-refractivity contribution in [2.75, 3.05) is 0 Å². The molecule has 0 spiro atoms. The minimum absolute atomic E-state index is 0.617. The van der Waals surface area contributed by atoms with Gasteiger partial charge in [0.2, 0.25) is 0 Å². The highest BCUT2D eigenvalue weighted by Gasteiger charge is 2.04. The van der Waals surface area contributed by atoms with Gasteiger partial charge in [-0.1, -0.05) is 6.92 Å². The summed E-state index contributed by atoms with van der Waals surface area (Å²) in [7, 11) is 0. The highest BCUT2D eigenvalue weighted by molar-refractivity contribution is 7.71. The van der Waals surface area contributed by atoms with E-state index in [4.69, 9.17) is 12.2 Å². The fourth-order valence-corrected chi connectivity index (χ4v) is 1.58. The zero-order valence-corrected chi connectivity index (χ0v) is 9.16. The summed E-state index contributed by atoms with van der Waals surface area (Å²) in [5.74, 6) is 0.936. The summed E-state index contributed by atoms with van der Waals surface area (Å²) in [6, 6.07) is 3.78. The van der Waals surface area contributed by atoms with E-state index >= 15 is 0 Å². The third-order valence-electron chi connectivity index (χ3n) is 2.10. The molecule has 0 amide bonds. The molecule has 15 heavy (non-hydrogen) atoms. The van der Waals surface area contributed by atoms with Gasteiger partial charge in [-0.05, 0) is 24.4 Å². The first-order chi connectivity index (χ1) is 7.31. The normalized spacial score (nSPS) is 10.5. The summed E-state index contributed by atoms with van der Waals surface area (Å²) >= 11 is 5.14. The molecule has 1 N–H and O–H groups in total. The van der Waals surface area contributed by atoms with Crippen LogP contribution in [-0.4, -0.2) is 25.0 Å². The van der Waals surface area contributed by atoms with E-state index in [1.807, 2.05) is 23.6 Å². The van der Waals surface area contributed by atoms with E-state index < -0.39 is 0 Å². The van der Waals surface area contributed by atoms with E-state index in [9.17, 15) is 0 Å². The standard InChI is InChI=1S/C9H11N5S/c1-2-8-12-13-9(15)14(8)6-7-4-3-5-10-11-7/h3-5H,2,6H2,1H3,(H,13,15). The van der Waals surface area contributed by atoms with Gasteiger partial charge in [-0.15, -0.1) is 0 Å². The maximum Gasteiger partial charge on any atom is 0.195 e. The predicted molar refractivity (Wildman–Crippen MR) is 57.9 cm³/mol. The molecule has 0 saturated carbocycles. The molecular formula is C9H11N5S. The molecule has 78 valence electrons. The lowest BCUT2D eigenvalue weighted by atomic mass is 10.3. The van der Waals surface area contributed by atoms with Gasteiger partial charge in [0.05, 0.1) is 12.2 Å². The number of aryl methyl sites for hydroxylation is 1. The number of nitrogens with one attached hydrogen (secondary N) is 1. The van der Waals surface area contributed by atoms with Gasteiger partial charge in [0.1, 0.15) is 5.82 Å². The minimum Gasteiger partial charge on any atom is -0.298 e. The second kappa shape index (κ2) is 4.31. The third kappa shape index (κ3) is 2.10. The van der Waals surface area contributed by atoms with Crippen molar-refractivity contribution in [1.82, 2.24) is 25.0 Å². The SMILES string of the molecule is CCc1n[nH]c(=S)n1Cc1cccnn1. The molecule has 6 heteroatoms. The fraction of sp³-hybridized carbons (Fsp3) is 0.333. The van der Waals surface area contributed by atoms with E-state index in [-0.39, 0.29) is 0 Å². The van der Waals surface area contributed by atoms with Crippen LogP contribution in [-0.2, 0) is 13.0 Å². The molecule has 0 radical (unpaired) electrons. The Kier molecular flexibility index (Phi) is 2.86. The van der Waals surface area contributed by atoms with Crippen LogP contribution in [0.1, 0.15) is 18.4 Å². The zero-order valence-electron chi connectivity index (χ0n) is 8.34. The molecule has 2 aromatic rings. The Bertz CT molecular complexity index is 487. The van der Waals surface area contributed by atoms with Crippen LogP contribution in [0.5, 0.6) is 0 Å². The van der Waals surface area contributed by atoms with Crippen LogP contribution in [0, 0.1) is 4.77 Å². The Hall–Kier alpha value is -1.56. The average molecular weight is 221 g/mol. The Morgan fingerprint density at radius 2 is 2.40 bits per heavy atom. The molecular weight excluding hydrogens is 210 g/mol. The first kappa shape index (κ1) is 9.97. The molecule has 0 aromatic carbocycles. The third-order valence-corrected chi connectivity index (χ3v) is 2.41. The second-order valence-corrected chi connectivity index (χ2v) is 3.49. The van der Waals surface area contributed by atoms with Gasteiger partial charge in [-0.3, -0.25) is 9.67 Å². The van der Waals surface area contributed by atoms with Crippen molar-refractivity contribution >= 4 is 12.2 Å². The molecule has 0 bridgehead atoms. The van der Waals surface area contributed by atoms with Crippen LogP contribution in [0.15, 0.2) is 18.3 Å². The molecule has 5 nitrogen and oxygen atoms in total. The number of aromatic nitrogens is 5. The molecule has 2 heterocycles. The second-order valence-electron chi connectivity index (χ2n) is 3.10. The highest BCUT2D eigenvalue weighted by Crippen LogP contribution is 2.03. The van der Waals surface area contributed by atoms with Gasteiger partial charge in [0, 0.05) is 12.6 Å². The molecule has 0 aliphatic heterocycles. The van der Waals surface area contributed by atoms with Gasteiger partial charge in [0.15, 0.2) is 4.77 Å². The van der Waals surface area contributed by atoms with E-state index in [0.29, 0.717) is 11.3 Å². The van der Waals surface area contributed by atoms with Crippen LogP contribution in [0.4, 0.5) is 0 Å². The number of aromatic amines is 1. The van der Waals surface area contributed by atoms with Crippen molar-refractivity contribution in [2.24, 2.45) is 0 Å². The molecule has 0 fully saturated rings. The maximum absolute atomic E-state index is 5.14. The summed E-state index contributed by atoms with van der Waals surface area (Å²) < 4.78 is 2.55. The van der Waals surface area contributed by atoms with E-state index in [1.54, 1.807) is 6.20 Å². The quantitative estimate of drug-likeness (QED) is 0.795. The van der Waals surface area contributed by atoms with E-state index in [0.717, 1.165) is 17.9 Å². The van der Waals surface area contributed by atoms with Crippen molar-refractivity contribution in [1.29, 1.82) is 0 Å². The number of hydrogen-bond acceptors (Lipinski definition) is 4. The number of rotatable bonds is 3. The molecule has 0 atom stereocenters. The van der Waals surface area contributed by atoms with Gasteiger partial charge in [0.25, 0.3) is 0 Å². The first-order valence-corrected chi connectivity index (χ1v) is 5.12. The predicted octanol–water partition coefficient (Wildman–Crippen LogP) is 1.34. The van der Waals surface area contributed by atoms with Crippen molar-refractivity contribution < 1.29 is 0 Å². The van der Waals surface area contributed by atoms with Crippen molar-refractivity contribution in [3.63, 3.8) is 0 Å². The van der Waals surface area contributed by atoms with Gasteiger partial charge < -0.3 is 0 Å². The molecule has 2 aromatic heterocycles. The van der Waals surface area contributed by atoms with Crippen LogP contribution in [0.2, 0.25) is 0 Å². The lowest BCUT2D eigenvalue weighted by Crippen LogP contribution is -2.06.